The molecule has 2 nitrogen and oxygen atoms in total. The van der Waals surface area contributed by atoms with E-state index in [0.717, 1.165) is 22.5 Å². The van der Waals surface area contributed by atoms with Crippen LogP contribution in [0.5, 0.6) is 0 Å². The molecule has 0 saturated heterocycles. The maximum Gasteiger partial charge on any atom is 0.159 e. The van der Waals surface area contributed by atoms with Crippen molar-refractivity contribution in [1.82, 2.24) is 0 Å². The van der Waals surface area contributed by atoms with Crippen molar-refractivity contribution in [2.75, 3.05) is 0 Å². The van der Waals surface area contributed by atoms with Crippen molar-refractivity contribution in [3.05, 3.63) is 64.7 Å². The van der Waals surface area contributed by atoms with Crippen LogP contribution in [0.2, 0.25) is 0 Å². The Labute approximate surface area is 158 Å². The fraction of sp³-hybridized carbons (Fsp3) is 0.417. The minimum absolute atomic E-state index is 0.00159. The van der Waals surface area contributed by atoms with Crippen molar-refractivity contribution < 1.29 is 4.79 Å². The number of rotatable bonds is 3. The summed E-state index contributed by atoms with van der Waals surface area (Å²) in [5.74, 6) is 0.0742. The molecule has 0 amide bonds. The Morgan fingerprint density at radius 1 is 0.769 bits per heavy atom. The number of carbonyl (C=O) groups is 1. The highest BCUT2D eigenvalue weighted by Gasteiger charge is 2.25. The van der Waals surface area contributed by atoms with E-state index < -0.39 is 0 Å². The van der Waals surface area contributed by atoms with Gasteiger partial charge in [0.2, 0.25) is 0 Å². The smallest absolute Gasteiger partial charge is 0.159 e. The highest BCUT2D eigenvalue weighted by atomic mass is 16.1. The lowest BCUT2D eigenvalue weighted by molar-refractivity contribution is 0.101. The minimum Gasteiger partial charge on any atom is -0.295 e. The second kappa shape index (κ2) is 7.19. The van der Waals surface area contributed by atoms with Gasteiger partial charge in [-0.1, -0.05) is 77.9 Å². The van der Waals surface area contributed by atoms with Gasteiger partial charge in [0, 0.05) is 11.3 Å². The number of hydrogen-bond donors (Lipinski definition) is 0. The van der Waals surface area contributed by atoms with Gasteiger partial charge in [0.25, 0.3) is 0 Å². The maximum absolute atomic E-state index is 11.7. The summed E-state index contributed by atoms with van der Waals surface area (Å²) in [4.78, 5) is 16.8. The van der Waals surface area contributed by atoms with Crippen LogP contribution >= 0.6 is 0 Å². The van der Waals surface area contributed by atoms with Crippen LogP contribution in [0, 0.1) is 0 Å². The standard InChI is InChI=1S/C24H31NO/c1-16(18-11-9-12-19(15-18)17(2)26)25-22-20(23(3,4)5)13-10-14-21(22)24(6,7)8/h9-15H,1-8H3. The van der Waals surface area contributed by atoms with Gasteiger partial charge in [0.15, 0.2) is 5.78 Å². The number of aliphatic imine (C=N–C) groups is 1. The average Bonchev–Trinajstić information content (AvgIpc) is 2.53. The molecule has 138 valence electrons. The highest BCUT2D eigenvalue weighted by Crippen LogP contribution is 2.40. The molecule has 2 heteroatoms. The van der Waals surface area contributed by atoms with Crippen LogP contribution in [0.15, 0.2) is 47.5 Å². The summed E-state index contributed by atoms with van der Waals surface area (Å²) in [6, 6.07) is 14.2. The van der Waals surface area contributed by atoms with Crippen molar-refractivity contribution in [2.45, 2.75) is 66.2 Å². The number of Topliss-reactive ketones (excluding diaryl/α,β-unsaturated/α-hetero) is 1. The third-order valence-corrected chi connectivity index (χ3v) is 4.62. The van der Waals surface area contributed by atoms with Crippen molar-refractivity contribution in [3.63, 3.8) is 0 Å². The van der Waals surface area contributed by atoms with Crippen LogP contribution in [0.4, 0.5) is 5.69 Å². The van der Waals surface area contributed by atoms with Crippen LogP contribution in [-0.4, -0.2) is 11.5 Å². The Morgan fingerprint density at radius 2 is 1.23 bits per heavy atom. The van der Waals surface area contributed by atoms with Gasteiger partial charge in [-0.3, -0.25) is 9.79 Å². The van der Waals surface area contributed by atoms with E-state index in [0.29, 0.717) is 0 Å². The molecule has 0 heterocycles. The first-order valence-corrected chi connectivity index (χ1v) is 9.22. The number of ketones is 1. The second-order valence-electron chi connectivity index (χ2n) is 9.04. The first-order chi connectivity index (χ1) is 11.9. The number of nitrogens with zero attached hydrogens (tertiary/aromatic N) is 1. The fourth-order valence-corrected chi connectivity index (χ4v) is 3.07. The molecule has 0 saturated carbocycles. The molecule has 0 aliphatic carbocycles. The molecule has 0 atom stereocenters. The van der Waals surface area contributed by atoms with E-state index in [1.807, 2.05) is 31.2 Å². The Balaban J connectivity index is 2.68. The minimum atomic E-state index is 0.00159. The number of carbonyl (C=O) groups excluding carboxylic acids is 1. The van der Waals surface area contributed by atoms with Gasteiger partial charge in [-0.25, -0.2) is 0 Å². The molecule has 0 N–H and O–H groups in total. The van der Waals surface area contributed by atoms with Gasteiger partial charge in [-0.05, 0) is 47.4 Å². The predicted octanol–water partition coefficient (Wildman–Crippen LogP) is 6.62. The summed E-state index contributed by atoms with van der Waals surface area (Å²) in [5.41, 5.74) is 6.18. The lowest BCUT2D eigenvalue weighted by atomic mass is 9.79. The topological polar surface area (TPSA) is 29.4 Å². The molecule has 2 aromatic carbocycles. The first-order valence-electron chi connectivity index (χ1n) is 9.22. The van der Waals surface area contributed by atoms with Gasteiger partial charge < -0.3 is 0 Å². The summed E-state index contributed by atoms with van der Waals surface area (Å²) in [5, 5.41) is 0. The molecule has 0 aromatic heterocycles. The van der Waals surface area contributed by atoms with Crippen LogP contribution < -0.4 is 0 Å². The van der Waals surface area contributed by atoms with E-state index in [2.05, 4.69) is 59.7 Å². The Morgan fingerprint density at radius 3 is 1.69 bits per heavy atom. The Bertz CT molecular complexity index is 813. The van der Waals surface area contributed by atoms with E-state index >= 15 is 0 Å². The Kier molecular flexibility index (Phi) is 5.55. The molecule has 2 rings (SSSR count). The molecule has 0 spiro atoms. The lowest BCUT2D eigenvalue weighted by Crippen LogP contribution is -2.17. The van der Waals surface area contributed by atoms with Crippen LogP contribution in [0.3, 0.4) is 0 Å². The molecular weight excluding hydrogens is 318 g/mol. The zero-order valence-corrected chi connectivity index (χ0v) is 17.4. The molecule has 0 bridgehead atoms. The number of para-hydroxylation sites is 1. The molecule has 26 heavy (non-hydrogen) atoms. The Hall–Kier alpha value is -2.22. The summed E-state index contributed by atoms with van der Waals surface area (Å²) in [7, 11) is 0. The van der Waals surface area contributed by atoms with Crippen molar-refractivity contribution in [2.24, 2.45) is 4.99 Å². The van der Waals surface area contributed by atoms with Crippen molar-refractivity contribution >= 4 is 17.2 Å². The summed E-state index contributed by atoms with van der Waals surface area (Å²) in [6.45, 7) is 16.9. The van der Waals surface area contributed by atoms with Gasteiger partial charge in [-0.2, -0.15) is 0 Å². The van der Waals surface area contributed by atoms with Gasteiger partial charge in [0.05, 0.1) is 5.69 Å². The quantitative estimate of drug-likeness (QED) is 0.452. The third kappa shape index (κ3) is 4.49. The molecule has 0 fully saturated rings. The number of benzene rings is 2. The van der Waals surface area contributed by atoms with Gasteiger partial charge >= 0.3 is 0 Å². The maximum atomic E-state index is 11.7. The molecule has 0 aliphatic heterocycles. The summed E-state index contributed by atoms with van der Waals surface area (Å²) >= 11 is 0. The monoisotopic (exact) mass is 349 g/mol. The zero-order chi connectivity index (χ0) is 19.7. The van der Waals surface area contributed by atoms with Crippen LogP contribution in [-0.2, 0) is 10.8 Å². The normalized spacial score (nSPS) is 13.0. The first kappa shape index (κ1) is 20.1. The summed E-state index contributed by atoms with van der Waals surface area (Å²) in [6.07, 6.45) is 0. The molecule has 0 unspecified atom stereocenters. The summed E-state index contributed by atoms with van der Waals surface area (Å²) < 4.78 is 0. The second-order valence-corrected chi connectivity index (χ2v) is 9.04. The molecule has 0 aliphatic rings. The largest absolute Gasteiger partial charge is 0.295 e. The van der Waals surface area contributed by atoms with E-state index in [4.69, 9.17) is 4.99 Å². The number of hydrogen-bond acceptors (Lipinski definition) is 2. The average molecular weight is 350 g/mol. The zero-order valence-electron chi connectivity index (χ0n) is 17.4. The van der Waals surface area contributed by atoms with Crippen molar-refractivity contribution in [1.29, 1.82) is 0 Å². The fourth-order valence-electron chi connectivity index (χ4n) is 3.07. The van der Waals surface area contributed by atoms with Crippen LogP contribution in [0.1, 0.15) is 82.4 Å². The van der Waals surface area contributed by atoms with Crippen molar-refractivity contribution in [3.8, 4) is 0 Å². The van der Waals surface area contributed by atoms with E-state index in [9.17, 15) is 4.79 Å². The highest BCUT2D eigenvalue weighted by molar-refractivity contribution is 6.03. The third-order valence-electron chi connectivity index (χ3n) is 4.62. The predicted molar refractivity (Wildman–Crippen MR) is 112 cm³/mol. The van der Waals surface area contributed by atoms with E-state index in [1.165, 1.54) is 11.1 Å². The van der Waals surface area contributed by atoms with E-state index in [1.54, 1.807) is 6.92 Å². The van der Waals surface area contributed by atoms with Crippen LogP contribution in [0.25, 0.3) is 0 Å². The lowest BCUT2D eigenvalue weighted by Gasteiger charge is -2.28. The van der Waals surface area contributed by atoms with E-state index in [-0.39, 0.29) is 16.6 Å². The molecular formula is C24H31NO. The molecule has 2 aromatic rings. The SMILES string of the molecule is CC(=O)c1cccc(C(C)=Nc2c(C(C)(C)C)cccc2C(C)(C)C)c1. The van der Waals surface area contributed by atoms with Gasteiger partial charge in [-0.15, -0.1) is 0 Å². The van der Waals surface area contributed by atoms with Gasteiger partial charge in [0.1, 0.15) is 0 Å². The molecule has 0 radical (unpaired) electrons.